The standard InChI is InChI=1S/C23H31N7O3.ClH/c1-30(2)11-9-28(10-12-30)8-6-25-23-22(19-5-3-4-7-29(19)27-23)26-18-16-21(33-14-13-31)20(32)15-17(18)24;/h3-5,7,15-16,31H,6,8-14H2,1-2H3,(H2-,24,25,27,32);1H/b26-18+;. The normalized spacial score (nSPS) is 19.5. The molecule has 1 aliphatic heterocycles. The number of nitrogens with two attached hydrogens (primary N) is 1. The third kappa shape index (κ3) is 5.95. The van der Waals surface area contributed by atoms with Crippen LogP contribution in [0.4, 0.5) is 11.5 Å². The number of anilines is 1. The fourth-order valence-corrected chi connectivity index (χ4v) is 3.87. The van der Waals surface area contributed by atoms with Gasteiger partial charge in [-0.25, -0.2) is 9.51 Å². The van der Waals surface area contributed by atoms with Gasteiger partial charge in [0.2, 0.25) is 5.78 Å². The maximum Gasteiger partial charge on any atom is 0.222 e. The van der Waals surface area contributed by atoms with Crippen molar-refractivity contribution in [1.82, 2.24) is 14.5 Å². The van der Waals surface area contributed by atoms with Crippen molar-refractivity contribution in [3.05, 3.63) is 48.0 Å². The molecule has 1 saturated heterocycles. The van der Waals surface area contributed by atoms with Crippen molar-refractivity contribution >= 4 is 28.5 Å². The molecule has 2 aliphatic rings. The Morgan fingerprint density at radius 2 is 2.03 bits per heavy atom. The van der Waals surface area contributed by atoms with Crippen molar-refractivity contribution in [2.75, 3.05) is 71.9 Å². The molecule has 2 aromatic rings. The van der Waals surface area contributed by atoms with E-state index in [4.69, 9.17) is 20.6 Å². The van der Waals surface area contributed by atoms with Crippen molar-refractivity contribution in [3.8, 4) is 0 Å². The molecular formula is C23H32ClN7O3. The lowest BCUT2D eigenvalue weighted by Crippen LogP contribution is -3.00. The summed E-state index contributed by atoms with van der Waals surface area (Å²) in [4.78, 5) is 19.4. The number of carbonyl (C=O) groups excluding carboxylic acids is 1. The van der Waals surface area contributed by atoms with Crippen molar-refractivity contribution in [2.45, 2.75) is 0 Å². The van der Waals surface area contributed by atoms with E-state index in [1.54, 1.807) is 4.52 Å². The molecule has 0 atom stereocenters. The largest absolute Gasteiger partial charge is 1.00 e. The predicted octanol–water partition coefficient (Wildman–Crippen LogP) is -2.47. The van der Waals surface area contributed by atoms with E-state index >= 15 is 0 Å². The van der Waals surface area contributed by atoms with Crippen molar-refractivity contribution in [3.63, 3.8) is 0 Å². The summed E-state index contributed by atoms with van der Waals surface area (Å²) in [6, 6.07) is 5.76. The first-order chi connectivity index (χ1) is 15.9. The summed E-state index contributed by atoms with van der Waals surface area (Å²) >= 11 is 0. The number of aliphatic imine (C=N–C) groups is 1. The summed E-state index contributed by atoms with van der Waals surface area (Å²) in [5.74, 6) is 0.411. The summed E-state index contributed by atoms with van der Waals surface area (Å²) in [6.07, 6.45) is 4.67. The summed E-state index contributed by atoms with van der Waals surface area (Å²) in [5, 5.41) is 17.1. The van der Waals surface area contributed by atoms with E-state index in [9.17, 15) is 4.79 Å². The SMILES string of the molecule is C[N+]1(C)CCN(CCNc2nn3ccccc3c2/N=C2\C=C(OCCO)C(=O)C=C2N)CC1.[Cl-]. The van der Waals surface area contributed by atoms with Gasteiger partial charge in [-0.1, -0.05) is 6.07 Å². The van der Waals surface area contributed by atoms with Crippen LogP contribution in [-0.2, 0) is 9.53 Å². The number of allylic oxidation sites excluding steroid dienone is 2. The Morgan fingerprint density at radius 3 is 2.76 bits per heavy atom. The molecule has 34 heavy (non-hydrogen) atoms. The number of quaternary nitrogens is 1. The van der Waals surface area contributed by atoms with Gasteiger partial charge in [-0.05, 0) is 12.1 Å². The predicted molar refractivity (Wildman–Crippen MR) is 127 cm³/mol. The topological polar surface area (TPSA) is 117 Å². The number of hydrogen-bond acceptors (Lipinski definition) is 8. The Kier molecular flexibility index (Phi) is 8.32. The number of pyridine rings is 1. The van der Waals surface area contributed by atoms with E-state index in [0.717, 1.165) is 49.3 Å². The zero-order valence-electron chi connectivity index (χ0n) is 19.6. The fourth-order valence-electron chi connectivity index (χ4n) is 3.87. The highest BCUT2D eigenvalue weighted by atomic mass is 35.5. The van der Waals surface area contributed by atoms with Crippen LogP contribution in [0.5, 0.6) is 0 Å². The number of aliphatic hydroxyl groups is 1. The van der Waals surface area contributed by atoms with Gasteiger partial charge in [0.25, 0.3) is 0 Å². The molecule has 0 saturated carbocycles. The average Bonchev–Trinajstić information content (AvgIpc) is 3.13. The first kappa shape index (κ1) is 25.7. The van der Waals surface area contributed by atoms with Gasteiger partial charge in [0.15, 0.2) is 11.6 Å². The Balaban J connectivity index is 0.00000324. The maximum atomic E-state index is 12.1. The van der Waals surface area contributed by atoms with Gasteiger partial charge in [-0.15, -0.1) is 5.10 Å². The van der Waals surface area contributed by atoms with E-state index < -0.39 is 0 Å². The molecule has 0 aromatic carbocycles. The summed E-state index contributed by atoms with van der Waals surface area (Å²) in [5.41, 5.74) is 8.23. The van der Waals surface area contributed by atoms with E-state index in [1.165, 1.54) is 12.2 Å². The number of ether oxygens (including phenoxy) is 1. The van der Waals surface area contributed by atoms with E-state index in [2.05, 4.69) is 29.4 Å². The lowest BCUT2D eigenvalue weighted by atomic mass is 10.1. The van der Waals surface area contributed by atoms with Gasteiger partial charge in [0.05, 0.1) is 50.7 Å². The van der Waals surface area contributed by atoms with Crippen molar-refractivity contribution in [2.24, 2.45) is 10.7 Å². The van der Waals surface area contributed by atoms with Crippen LogP contribution in [0.2, 0.25) is 0 Å². The van der Waals surface area contributed by atoms with E-state index in [0.29, 0.717) is 17.2 Å². The molecule has 2 aromatic heterocycles. The van der Waals surface area contributed by atoms with Crippen LogP contribution >= 0.6 is 0 Å². The molecule has 1 fully saturated rings. The van der Waals surface area contributed by atoms with E-state index in [1.807, 2.05) is 24.4 Å². The van der Waals surface area contributed by atoms with Crippen LogP contribution in [0.3, 0.4) is 0 Å². The van der Waals surface area contributed by atoms with Crippen LogP contribution in [0.25, 0.3) is 5.52 Å². The quantitative estimate of drug-likeness (QED) is 0.278. The molecule has 0 radical (unpaired) electrons. The lowest BCUT2D eigenvalue weighted by Gasteiger charge is -2.39. The maximum absolute atomic E-state index is 12.1. The van der Waals surface area contributed by atoms with Crippen LogP contribution < -0.4 is 23.5 Å². The molecule has 0 spiro atoms. The van der Waals surface area contributed by atoms with Crippen LogP contribution in [-0.4, -0.2) is 102 Å². The zero-order valence-corrected chi connectivity index (χ0v) is 20.3. The Hall–Kier alpha value is -2.92. The van der Waals surface area contributed by atoms with Gasteiger partial charge in [-0.3, -0.25) is 9.69 Å². The minimum atomic E-state index is -0.346. The number of aliphatic hydroxyl groups excluding tert-OH is 1. The molecule has 0 unspecified atom stereocenters. The fraction of sp³-hybridized carbons (Fsp3) is 0.435. The number of carbonyl (C=O) groups is 1. The molecule has 0 amide bonds. The Morgan fingerprint density at radius 1 is 1.26 bits per heavy atom. The number of ketones is 1. The molecule has 184 valence electrons. The number of piperazine rings is 1. The first-order valence-corrected chi connectivity index (χ1v) is 11.2. The van der Waals surface area contributed by atoms with Crippen molar-refractivity contribution < 1.29 is 31.5 Å². The van der Waals surface area contributed by atoms with Crippen LogP contribution in [0.15, 0.2) is 53.0 Å². The second kappa shape index (κ2) is 11.0. The smallest absolute Gasteiger partial charge is 0.222 e. The van der Waals surface area contributed by atoms with E-state index in [-0.39, 0.29) is 42.9 Å². The number of halogens is 1. The molecule has 1 aliphatic carbocycles. The minimum Gasteiger partial charge on any atom is -1.00 e. The van der Waals surface area contributed by atoms with Crippen LogP contribution in [0.1, 0.15) is 0 Å². The molecule has 4 N–H and O–H groups in total. The second-order valence-electron chi connectivity index (χ2n) is 8.92. The second-order valence-corrected chi connectivity index (χ2v) is 8.92. The molecule has 3 heterocycles. The van der Waals surface area contributed by atoms with Gasteiger partial charge in [0, 0.05) is 44.5 Å². The third-order valence-corrected chi connectivity index (χ3v) is 5.95. The first-order valence-electron chi connectivity index (χ1n) is 11.2. The monoisotopic (exact) mass is 489 g/mol. The third-order valence-electron chi connectivity index (χ3n) is 5.95. The van der Waals surface area contributed by atoms with Gasteiger partial charge in [-0.2, -0.15) is 0 Å². The number of fused-ring (bicyclic) bond motifs is 1. The van der Waals surface area contributed by atoms with Gasteiger partial charge >= 0.3 is 0 Å². The number of nitrogens with one attached hydrogen (secondary N) is 1. The summed E-state index contributed by atoms with van der Waals surface area (Å²) in [6.45, 7) is 5.92. The summed E-state index contributed by atoms with van der Waals surface area (Å²) in [7, 11) is 4.54. The molecular weight excluding hydrogens is 458 g/mol. The van der Waals surface area contributed by atoms with Gasteiger partial charge < -0.3 is 37.8 Å². The molecule has 11 heteroatoms. The van der Waals surface area contributed by atoms with Gasteiger partial charge in [0.1, 0.15) is 12.3 Å². The lowest BCUT2D eigenvalue weighted by molar-refractivity contribution is -0.894. The number of rotatable bonds is 8. The highest BCUT2D eigenvalue weighted by molar-refractivity contribution is 6.21. The van der Waals surface area contributed by atoms with Crippen molar-refractivity contribution in [1.29, 1.82) is 0 Å². The van der Waals surface area contributed by atoms with Crippen LogP contribution in [0, 0.1) is 0 Å². The average molecular weight is 490 g/mol. The summed E-state index contributed by atoms with van der Waals surface area (Å²) < 4.78 is 8.17. The highest BCUT2D eigenvalue weighted by Crippen LogP contribution is 2.31. The molecule has 10 nitrogen and oxygen atoms in total. The number of nitrogens with zero attached hydrogens (tertiary/aromatic N) is 5. The molecule has 4 rings (SSSR count). The number of aromatic nitrogens is 2. The number of hydrogen-bond donors (Lipinski definition) is 3. The minimum absolute atomic E-state index is 0. The zero-order chi connectivity index (χ0) is 23.4. The molecule has 0 bridgehead atoms. The Labute approximate surface area is 205 Å². The Bertz CT molecular complexity index is 1110. The number of likely N-dealkylation sites (N-methyl/N-ethyl adjacent to an activating group) is 1. The highest BCUT2D eigenvalue weighted by Gasteiger charge is 2.24.